The van der Waals surface area contributed by atoms with Gasteiger partial charge in [-0.15, -0.1) is 5.10 Å². The molecule has 10 nitrogen and oxygen atoms in total. The zero-order valence-electron chi connectivity index (χ0n) is 17.2. The molecule has 2 aliphatic rings. The second-order valence-electron chi connectivity index (χ2n) is 8.06. The number of nitrogens with one attached hydrogen (secondary N) is 2. The van der Waals surface area contributed by atoms with Crippen LogP contribution in [-0.4, -0.2) is 69.8 Å². The van der Waals surface area contributed by atoms with E-state index in [1.165, 1.54) is 28.2 Å². The molecule has 2 aliphatic heterocycles. The maximum Gasteiger partial charge on any atom is 0.419 e. The van der Waals surface area contributed by atoms with Crippen LogP contribution in [0.15, 0.2) is 18.5 Å². The third-order valence-electron chi connectivity index (χ3n) is 5.87. The van der Waals surface area contributed by atoms with E-state index in [2.05, 4.69) is 25.7 Å². The highest BCUT2D eigenvalue weighted by atomic mass is 32.2. The Hall–Kier alpha value is -2.49. The van der Waals surface area contributed by atoms with E-state index in [9.17, 15) is 21.6 Å². The number of hydrogen-bond acceptors (Lipinski definition) is 9. The van der Waals surface area contributed by atoms with Gasteiger partial charge in [-0.1, -0.05) is 11.3 Å². The van der Waals surface area contributed by atoms with Gasteiger partial charge in [0.25, 0.3) is 0 Å². The number of nitrogens with zero attached hydrogens (tertiary/aromatic N) is 5. The largest absolute Gasteiger partial charge is 0.419 e. The molecule has 0 aliphatic carbocycles. The summed E-state index contributed by atoms with van der Waals surface area (Å²) in [5.74, 6) is -0.583. The highest BCUT2D eigenvalue weighted by Gasteiger charge is 2.38. The average molecular weight is 503 g/mol. The van der Waals surface area contributed by atoms with Gasteiger partial charge in [0.05, 0.1) is 17.5 Å². The quantitative estimate of drug-likeness (QED) is 0.480. The second kappa shape index (κ2) is 8.07. The van der Waals surface area contributed by atoms with Gasteiger partial charge in [0.1, 0.15) is 11.1 Å². The topological polar surface area (TPSA) is 131 Å². The number of fused-ring (bicyclic) bond motifs is 1. The minimum Gasteiger partial charge on any atom is -0.383 e. The van der Waals surface area contributed by atoms with Gasteiger partial charge in [0, 0.05) is 44.0 Å². The van der Waals surface area contributed by atoms with Crippen molar-refractivity contribution in [2.45, 2.75) is 30.3 Å². The first-order valence-electron chi connectivity index (χ1n) is 10.3. The number of alkyl halides is 3. The molecule has 3 aromatic rings. The molecule has 0 spiro atoms. The average Bonchev–Trinajstić information content (AvgIpc) is 3.25. The Morgan fingerprint density at radius 1 is 1.24 bits per heavy atom. The van der Waals surface area contributed by atoms with E-state index in [0.717, 1.165) is 6.07 Å². The molecule has 0 amide bonds. The number of hydrogen-bond donors (Lipinski definition) is 3. The van der Waals surface area contributed by atoms with Crippen LogP contribution in [0.5, 0.6) is 0 Å². The van der Waals surface area contributed by atoms with Gasteiger partial charge < -0.3 is 16.4 Å². The fourth-order valence-corrected chi connectivity index (χ4v) is 6.51. The molecule has 2 fully saturated rings. The molecular weight excluding hydrogens is 481 g/mol. The fourth-order valence-electron chi connectivity index (χ4n) is 3.85. The van der Waals surface area contributed by atoms with Crippen LogP contribution in [-0.2, 0) is 16.2 Å². The number of piperidine rings is 1. The Morgan fingerprint density at radius 3 is 2.58 bits per heavy atom. The molecule has 0 radical (unpaired) electrons. The van der Waals surface area contributed by atoms with E-state index in [1.807, 2.05) is 0 Å². The van der Waals surface area contributed by atoms with E-state index in [-0.39, 0.29) is 16.9 Å². The van der Waals surface area contributed by atoms with Crippen LogP contribution in [0.4, 0.5) is 24.1 Å². The minimum absolute atomic E-state index is 0.0712. The Kier molecular flexibility index (Phi) is 5.46. The summed E-state index contributed by atoms with van der Waals surface area (Å²) in [5.41, 5.74) is 4.86. The summed E-state index contributed by atoms with van der Waals surface area (Å²) in [6.07, 6.45) is -0.513. The molecular formula is C18H21F3N8O2S2. The standard InChI is InChI=1S/C18H21F3N8O2S2/c19-18(20,21)13-5-10(6-24-15(13)22)14-9-29-17(26-14)32-16(27-29)25-11-1-3-28(4-2-11)33(30,31)12-7-23-8-12/h5-6,9,11-12,23H,1-4,7-8H2,(H2,22,24)(H,25,27). The van der Waals surface area contributed by atoms with Crippen molar-refractivity contribution in [3.05, 3.63) is 24.0 Å². The number of pyridine rings is 1. The minimum atomic E-state index is -4.61. The number of anilines is 2. The van der Waals surface area contributed by atoms with E-state index >= 15 is 0 Å². The molecule has 5 heterocycles. The maximum atomic E-state index is 13.1. The van der Waals surface area contributed by atoms with Crippen molar-refractivity contribution in [1.82, 2.24) is 29.2 Å². The molecule has 2 saturated heterocycles. The molecule has 5 rings (SSSR count). The number of nitrogen functional groups attached to an aromatic ring is 1. The fraction of sp³-hybridized carbons (Fsp3) is 0.500. The number of aromatic nitrogens is 4. The first-order valence-corrected chi connectivity index (χ1v) is 12.6. The third-order valence-corrected chi connectivity index (χ3v) is 8.98. The van der Waals surface area contributed by atoms with Gasteiger partial charge >= 0.3 is 6.18 Å². The highest BCUT2D eigenvalue weighted by molar-refractivity contribution is 7.89. The smallest absolute Gasteiger partial charge is 0.383 e. The Labute approximate surface area is 191 Å². The molecule has 15 heteroatoms. The first-order chi connectivity index (χ1) is 15.6. The molecule has 4 N–H and O–H groups in total. The van der Waals surface area contributed by atoms with Gasteiger partial charge in [-0.25, -0.2) is 27.2 Å². The van der Waals surface area contributed by atoms with Crippen molar-refractivity contribution in [3.63, 3.8) is 0 Å². The first kappa shape index (κ1) is 22.3. The molecule has 33 heavy (non-hydrogen) atoms. The van der Waals surface area contributed by atoms with E-state index in [0.29, 0.717) is 54.8 Å². The lowest BCUT2D eigenvalue weighted by molar-refractivity contribution is -0.137. The lowest BCUT2D eigenvalue weighted by Crippen LogP contribution is -2.57. The normalized spacial score (nSPS) is 19.1. The Balaban J connectivity index is 1.25. The highest BCUT2D eigenvalue weighted by Crippen LogP contribution is 2.35. The lowest BCUT2D eigenvalue weighted by atomic mass is 10.1. The van der Waals surface area contributed by atoms with E-state index < -0.39 is 27.6 Å². The van der Waals surface area contributed by atoms with Crippen LogP contribution in [0.3, 0.4) is 0 Å². The Morgan fingerprint density at radius 2 is 1.97 bits per heavy atom. The predicted molar refractivity (Wildman–Crippen MR) is 117 cm³/mol. The lowest BCUT2D eigenvalue weighted by Gasteiger charge is -2.36. The summed E-state index contributed by atoms with van der Waals surface area (Å²) in [4.78, 5) is 8.52. The zero-order chi connectivity index (χ0) is 23.4. The summed E-state index contributed by atoms with van der Waals surface area (Å²) in [5, 5.41) is 11.0. The SMILES string of the molecule is Nc1ncc(-c2cn3nc(NC4CCN(S(=O)(=O)C5CNC5)CC4)sc3n2)cc1C(F)(F)F. The number of sulfonamides is 1. The number of halogens is 3. The molecule has 0 saturated carbocycles. The summed E-state index contributed by atoms with van der Waals surface area (Å²) >= 11 is 1.27. The molecule has 0 unspecified atom stereocenters. The van der Waals surface area contributed by atoms with Crippen LogP contribution < -0.4 is 16.4 Å². The summed E-state index contributed by atoms with van der Waals surface area (Å²) < 4.78 is 67.4. The second-order valence-corrected chi connectivity index (χ2v) is 11.2. The summed E-state index contributed by atoms with van der Waals surface area (Å²) in [7, 11) is -3.25. The molecule has 0 aromatic carbocycles. The number of rotatable bonds is 5. The van der Waals surface area contributed by atoms with Gasteiger partial charge in [-0.05, 0) is 18.9 Å². The van der Waals surface area contributed by atoms with Crippen LogP contribution in [0.25, 0.3) is 16.2 Å². The molecule has 178 valence electrons. The van der Waals surface area contributed by atoms with Crippen molar-refractivity contribution < 1.29 is 21.6 Å². The van der Waals surface area contributed by atoms with E-state index in [4.69, 9.17) is 5.73 Å². The zero-order valence-corrected chi connectivity index (χ0v) is 18.8. The third kappa shape index (κ3) is 4.25. The van der Waals surface area contributed by atoms with Crippen molar-refractivity contribution in [3.8, 4) is 11.3 Å². The van der Waals surface area contributed by atoms with E-state index in [1.54, 1.807) is 4.31 Å². The van der Waals surface area contributed by atoms with Crippen molar-refractivity contribution in [2.75, 3.05) is 37.2 Å². The van der Waals surface area contributed by atoms with Crippen LogP contribution in [0.1, 0.15) is 18.4 Å². The molecule has 0 bridgehead atoms. The van der Waals surface area contributed by atoms with Crippen molar-refractivity contribution >= 4 is 37.3 Å². The van der Waals surface area contributed by atoms with Crippen LogP contribution >= 0.6 is 11.3 Å². The number of imidazole rings is 1. The monoisotopic (exact) mass is 502 g/mol. The van der Waals surface area contributed by atoms with Gasteiger partial charge in [-0.3, -0.25) is 0 Å². The van der Waals surface area contributed by atoms with Crippen LogP contribution in [0, 0.1) is 0 Å². The van der Waals surface area contributed by atoms with Gasteiger partial charge in [0.15, 0.2) is 0 Å². The number of nitrogens with two attached hydrogens (primary N) is 1. The molecule has 0 atom stereocenters. The van der Waals surface area contributed by atoms with Gasteiger partial charge in [-0.2, -0.15) is 13.2 Å². The maximum absolute atomic E-state index is 13.1. The van der Waals surface area contributed by atoms with Crippen molar-refractivity contribution in [2.24, 2.45) is 0 Å². The predicted octanol–water partition coefficient (Wildman–Crippen LogP) is 1.63. The molecule has 3 aromatic heterocycles. The van der Waals surface area contributed by atoms with Crippen LogP contribution in [0.2, 0.25) is 0 Å². The summed E-state index contributed by atoms with van der Waals surface area (Å²) in [6.45, 7) is 1.92. The Bertz CT molecular complexity index is 1250. The summed E-state index contributed by atoms with van der Waals surface area (Å²) in [6, 6.07) is 0.997. The van der Waals surface area contributed by atoms with Crippen molar-refractivity contribution in [1.29, 1.82) is 0 Å². The van der Waals surface area contributed by atoms with Gasteiger partial charge in [0.2, 0.25) is 20.1 Å².